The van der Waals surface area contributed by atoms with E-state index in [0.29, 0.717) is 19.0 Å². The first-order valence-electron chi connectivity index (χ1n) is 10.4. The third-order valence-corrected chi connectivity index (χ3v) is 6.48. The maximum absolute atomic E-state index is 11.8. The van der Waals surface area contributed by atoms with E-state index in [0.717, 1.165) is 42.9 Å². The molecule has 0 amide bonds. The molecule has 0 saturated carbocycles. The molecule has 0 aliphatic carbocycles. The molecule has 2 aliphatic heterocycles. The zero-order valence-electron chi connectivity index (χ0n) is 18.1. The van der Waals surface area contributed by atoms with Crippen LogP contribution in [0.5, 0.6) is 0 Å². The Hall–Kier alpha value is -2.40. The normalized spacial score (nSPS) is 21.3. The van der Waals surface area contributed by atoms with Crippen molar-refractivity contribution < 1.29 is 9.84 Å². The summed E-state index contributed by atoms with van der Waals surface area (Å²) in [7, 11) is -1.25. The van der Waals surface area contributed by atoms with Gasteiger partial charge in [-0.25, -0.2) is 22.4 Å². The molecule has 2 atom stereocenters. The summed E-state index contributed by atoms with van der Waals surface area (Å²) >= 11 is 0. The lowest BCUT2D eigenvalue weighted by molar-refractivity contribution is 0.248. The van der Waals surface area contributed by atoms with Gasteiger partial charge in [0.2, 0.25) is 10.0 Å². The van der Waals surface area contributed by atoms with E-state index in [2.05, 4.69) is 25.8 Å². The van der Waals surface area contributed by atoms with Crippen LogP contribution in [0.3, 0.4) is 0 Å². The number of aromatic nitrogens is 4. The molecule has 2 aromatic rings. The van der Waals surface area contributed by atoms with Crippen LogP contribution in [0.15, 0.2) is 23.6 Å². The molecule has 0 spiro atoms. The number of nitrogens with one attached hydrogen (secondary N) is 2. The van der Waals surface area contributed by atoms with Gasteiger partial charge >= 0.3 is 0 Å². The van der Waals surface area contributed by atoms with E-state index in [4.69, 9.17) is 0 Å². The summed E-state index contributed by atoms with van der Waals surface area (Å²) in [4.78, 5) is 4.46. The Kier molecular flexibility index (Phi) is 7.14. The van der Waals surface area contributed by atoms with Crippen molar-refractivity contribution in [1.82, 2.24) is 23.9 Å². The highest BCUT2D eigenvalue weighted by atomic mass is 32.2. The maximum atomic E-state index is 11.8. The van der Waals surface area contributed by atoms with Crippen LogP contribution in [0.4, 0.5) is 11.5 Å². The third kappa shape index (κ3) is 5.39. The monoisotopic (exact) mass is 438 g/mol. The number of hydrogen-bond donors (Lipinski definition) is 2. The first-order chi connectivity index (χ1) is 14.4. The number of rotatable bonds is 6. The molecule has 2 N–H and O–H groups in total. The van der Waals surface area contributed by atoms with E-state index in [1.54, 1.807) is 21.4 Å². The van der Waals surface area contributed by atoms with Crippen LogP contribution < -0.4 is 10.6 Å². The summed E-state index contributed by atoms with van der Waals surface area (Å²) in [6.07, 6.45) is 11.1. The van der Waals surface area contributed by atoms with Gasteiger partial charge in [0, 0.05) is 40.5 Å². The van der Waals surface area contributed by atoms with Crippen LogP contribution in [-0.2, 0) is 23.6 Å². The molecule has 30 heavy (non-hydrogen) atoms. The highest BCUT2D eigenvalue weighted by Gasteiger charge is 2.26. The molecule has 2 aliphatic rings. The van der Waals surface area contributed by atoms with E-state index in [1.165, 1.54) is 6.26 Å². The average Bonchev–Trinajstić information content (AvgIpc) is 3.33. The standard InChI is InChI=1S/C17H26N8O2S.C2H6.H2/c1-23-12-15(10-19-23)21-17-18-8-14-9-20-25(16(14)22-17)7-5-13-4-3-6-24(11-13)28(2,26)27;1-2;/h8-10,12-13,17,21-22H,3-7,11H2,1-2H3;1-2H3;1H. The fourth-order valence-electron chi connectivity index (χ4n) is 3.74. The Labute approximate surface area is 179 Å². The first-order valence-corrected chi connectivity index (χ1v) is 12.3. The van der Waals surface area contributed by atoms with Gasteiger partial charge < -0.3 is 10.6 Å². The van der Waals surface area contributed by atoms with Crippen LogP contribution in [0.1, 0.15) is 40.1 Å². The topological polar surface area (TPSA) is 109 Å². The van der Waals surface area contributed by atoms with Crippen LogP contribution in [0.2, 0.25) is 0 Å². The van der Waals surface area contributed by atoms with Crippen molar-refractivity contribution in [2.24, 2.45) is 18.0 Å². The van der Waals surface area contributed by atoms with Crippen molar-refractivity contribution in [3.05, 3.63) is 24.2 Å². The predicted molar refractivity (Wildman–Crippen MR) is 121 cm³/mol. The van der Waals surface area contributed by atoms with Crippen LogP contribution >= 0.6 is 0 Å². The second-order valence-corrected chi connectivity index (χ2v) is 9.44. The average molecular weight is 439 g/mol. The largest absolute Gasteiger partial charge is 0.344 e. The molecular weight excluding hydrogens is 404 g/mol. The number of fused-ring (bicyclic) bond motifs is 1. The van der Waals surface area contributed by atoms with Gasteiger partial charge in [-0.05, 0) is 25.2 Å². The Balaban J connectivity index is 0.00000111. The minimum atomic E-state index is -3.11. The van der Waals surface area contributed by atoms with Gasteiger partial charge in [-0.1, -0.05) is 13.8 Å². The Morgan fingerprint density at radius 3 is 2.80 bits per heavy atom. The Morgan fingerprint density at radius 1 is 1.30 bits per heavy atom. The Morgan fingerprint density at radius 2 is 2.10 bits per heavy atom. The van der Waals surface area contributed by atoms with E-state index >= 15 is 0 Å². The van der Waals surface area contributed by atoms with Gasteiger partial charge in [0.25, 0.3) is 0 Å². The van der Waals surface area contributed by atoms with Crippen molar-refractivity contribution in [3.8, 4) is 0 Å². The lowest BCUT2D eigenvalue weighted by Gasteiger charge is -2.31. The minimum absolute atomic E-state index is 0. The van der Waals surface area contributed by atoms with E-state index in [-0.39, 0.29) is 7.72 Å². The predicted octanol–water partition coefficient (Wildman–Crippen LogP) is 2.19. The molecule has 0 aromatic carbocycles. The zero-order chi connectivity index (χ0) is 21.7. The molecule has 1 saturated heterocycles. The van der Waals surface area contributed by atoms with Crippen LogP contribution in [0, 0.1) is 5.92 Å². The molecule has 10 nitrogen and oxygen atoms in total. The molecule has 0 radical (unpaired) electrons. The molecule has 0 bridgehead atoms. The van der Waals surface area contributed by atoms with Gasteiger partial charge in [0.05, 0.1) is 29.9 Å². The molecule has 4 heterocycles. The Bertz CT molecular complexity index is 971. The zero-order valence-corrected chi connectivity index (χ0v) is 18.9. The fourth-order valence-corrected chi connectivity index (χ4v) is 4.68. The summed E-state index contributed by atoms with van der Waals surface area (Å²) in [5, 5.41) is 15.3. The smallest absolute Gasteiger partial charge is 0.211 e. The van der Waals surface area contributed by atoms with Crippen molar-refractivity contribution in [1.29, 1.82) is 0 Å². The van der Waals surface area contributed by atoms with Crippen molar-refractivity contribution >= 4 is 27.7 Å². The summed E-state index contributed by atoms with van der Waals surface area (Å²) < 4.78 is 28.9. The molecule has 4 rings (SSSR count). The van der Waals surface area contributed by atoms with Crippen LogP contribution in [0.25, 0.3) is 0 Å². The summed E-state index contributed by atoms with van der Waals surface area (Å²) in [5.74, 6) is 1.28. The minimum Gasteiger partial charge on any atom is -0.344 e. The molecule has 168 valence electrons. The summed E-state index contributed by atoms with van der Waals surface area (Å²) in [5.41, 5.74) is 1.83. The molecule has 2 aromatic heterocycles. The van der Waals surface area contributed by atoms with Gasteiger partial charge in [-0.15, -0.1) is 0 Å². The van der Waals surface area contributed by atoms with Crippen LogP contribution in [-0.4, -0.2) is 64.1 Å². The number of hydrogen-bond acceptors (Lipinski definition) is 7. The summed E-state index contributed by atoms with van der Waals surface area (Å²) in [6, 6.07) is 0. The second kappa shape index (κ2) is 9.61. The number of aliphatic imine (C=N–C) groups is 1. The van der Waals surface area contributed by atoms with Crippen molar-refractivity contribution in [3.63, 3.8) is 0 Å². The number of sulfonamides is 1. The molecule has 11 heteroatoms. The number of piperidine rings is 1. The van der Waals surface area contributed by atoms with Crippen molar-refractivity contribution in [2.75, 3.05) is 30.0 Å². The number of nitrogens with zero attached hydrogens (tertiary/aromatic N) is 6. The quantitative estimate of drug-likeness (QED) is 0.715. The van der Waals surface area contributed by atoms with E-state index in [1.807, 2.05) is 38.0 Å². The number of aryl methyl sites for hydroxylation is 2. The molecule has 2 unspecified atom stereocenters. The van der Waals surface area contributed by atoms with Gasteiger partial charge in [0.15, 0.2) is 6.29 Å². The highest BCUT2D eigenvalue weighted by molar-refractivity contribution is 7.88. The van der Waals surface area contributed by atoms with Gasteiger partial charge in [-0.3, -0.25) is 4.68 Å². The lowest BCUT2D eigenvalue weighted by Crippen LogP contribution is -2.39. The van der Waals surface area contributed by atoms with Gasteiger partial charge in [0.1, 0.15) is 5.82 Å². The molecular formula is C19H34N8O2S. The first kappa shape index (κ1) is 22.3. The highest BCUT2D eigenvalue weighted by Crippen LogP contribution is 2.25. The molecule has 1 fully saturated rings. The van der Waals surface area contributed by atoms with Gasteiger partial charge in [-0.2, -0.15) is 10.2 Å². The summed E-state index contributed by atoms with van der Waals surface area (Å²) in [6.45, 7) is 5.96. The number of anilines is 2. The van der Waals surface area contributed by atoms with E-state index in [9.17, 15) is 8.42 Å². The fraction of sp³-hybridized carbons (Fsp3) is 0.632. The SMILES string of the molecule is CC.Cn1cc(NC2N=Cc3cnn(CCC4CCCN(S(C)(=O)=O)C4)c3N2)cn1.[HH]. The third-order valence-electron chi connectivity index (χ3n) is 5.21. The lowest BCUT2D eigenvalue weighted by atomic mass is 9.96. The van der Waals surface area contributed by atoms with Crippen molar-refractivity contribution in [2.45, 2.75) is 45.9 Å². The maximum Gasteiger partial charge on any atom is 0.211 e. The second-order valence-electron chi connectivity index (χ2n) is 7.46. The van der Waals surface area contributed by atoms with E-state index < -0.39 is 10.0 Å².